The van der Waals surface area contributed by atoms with Crippen LogP contribution in [0.1, 0.15) is 17.4 Å². The highest BCUT2D eigenvalue weighted by atomic mass is 16.3. The van der Waals surface area contributed by atoms with E-state index < -0.39 is 6.10 Å². The number of benzene rings is 1. The molecule has 2 atom stereocenters. The van der Waals surface area contributed by atoms with E-state index >= 15 is 0 Å². The Kier molecular flexibility index (Phi) is 2.49. The summed E-state index contributed by atoms with van der Waals surface area (Å²) in [4.78, 5) is 7.94. The molecule has 0 saturated carbocycles. The Hall–Kier alpha value is -1.94. The Balaban J connectivity index is 1.81. The summed E-state index contributed by atoms with van der Waals surface area (Å²) in [7, 11) is 0. The predicted molar refractivity (Wildman–Crippen MR) is 64.5 cm³/mol. The van der Waals surface area contributed by atoms with Gasteiger partial charge in [0.1, 0.15) is 12.4 Å². The Bertz CT molecular complexity index is 490. The quantitative estimate of drug-likeness (QED) is 0.817. The summed E-state index contributed by atoms with van der Waals surface area (Å²) in [5.74, 6) is 0. The van der Waals surface area contributed by atoms with Gasteiger partial charge >= 0.3 is 0 Å². The van der Waals surface area contributed by atoms with Gasteiger partial charge in [-0.05, 0) is 24.1 Å². The predicted octanol–water partition coefficient (Wildman–Crippen LogP) is 1.55. The first-order chi connectivity index (χ1) is 8.34. The van der Waals surface area contributed by atoms with Gasteiger partial charge in [-0.15, -0.1) is 0 Å². The van der Waals surface area contributed by atoms with Gasteiger partial charge in [0.05, 0.1) is 11.7 Å². The summed E-state index contributed by atoms with van der Waals surface area (Å²) < 4.78 is 0. The van der Waals surface area contributed by atoms with E-state index in [0.717, 1.165) is 12.1 Å². The maximum Gasteiger partial charge on any atom is 0.116 e. The van der Waals surface area contributed by atoms with Crippen LogP contribution in [0.3, 0.4) is 0 Å². The average Bonchev–Trinajstić information content (AvgIpc) is 2.82. The number of fused-ring (bicyclic) bond motifs is 1. The van der Waals surface area contributed by atoms with Crippen LogP contribution < -0.4 is 5.32 Å². The van der Waals surface area contributed by atoms with Gasteiger partial charge in [0.2, 0.25) is 0 Å². The fraction of sp³-hybridized carbons (Fsp3) is 0.231. The molecule has 1 aromatic heterocycles. The molecule has 1 aromatic carbocycles. The summed E-state index contributed by atoms with van der Waals surface area (Å²) >= 11 is 0. The smallest absolute Gasteiger partial charge is 0.116 e. The minimum absolute atomic E-state index is 0.0118. The Morgan fingerprint density at radius 2 is 2.18 bits per heavy atom. The number of aromatic nitrogens is 2. The summed E-state index contributed by atoms with van der Waals surface area (Å²) in [6.45, 7) is 0. The molecular weight excluding hydrogens is 214 g/mol. The van der Waals surface area contributed by atoms with Crippen molar-refractivity contribution in [3.05, 3.63) is 54.1 Å². The molecule has 4 heteroatoms. The average molecular weight is 227 g/mol. The van der Waals surface area contributed by atoms with Crippen molar-refractivity contribution in [2.45, 2.75) is 18.6 Å². The molecule has 2 heterocycles. The Labute approximate surface area is 99.4 Å². The second-order valence-corrected chi connectivity index (χ2v) is 4.19. The van der Waals surface area contributed by atoms with Gasteiger partial charge < -0.3 is 10.4 Å². The molecule has 0 spiro atoms. The van der Waals surface area contributed by atoms with Crippen molar-refractivity contribution in [1.82, 2.24) is 9.97 Å². The highest BCUT2D eigenvalue weighted by molar-refractivity contribution is 5.57. The third-order valence-electron chi connectivity index (χ3n) is 3.09. The topological polar surface area (TPSA) is 58.0 Å². The van der Waals surface area contributed by atoms with Crippen molar-refractivity contribution in [2.75, 3.05) is 5.32 Å². The second kappa shape index (κ2) is 4.14. The van der Waals surface area contributed by atoms with Crippen LogP contribution in [0.5, 0.6) is 0 Å². The van der Waals surface area contributed by atoms with Gasteiger partial charge in [-0.3, -0.25) is 0 Å². The molecule has 1 aliphatic rings. The minimum atomic E-state index is -0.606. The summed E-state index contributed by atoms with van der Waals surface area (Å²) in [5, 5.41) is 13.6. The lowest BCUT2D eigenvalue weighted by molar-refractivity contribution is 0.152. The molecule has 0 saturated heterocycles. The van der Waals surface area contributed by atoms with Gasteiger partial charge in [-0.2, -0.15) is 0 Å². The van der Waals surface area contributed by atoms with E-state index in [1.165, 1.54) is 11.9 Å². The van der Waals surface area contributed by atoms with Crippen LogP contribution in [0.25, 0.3) is 0 Å². The van der Waals surface area contributed by atoms with Crippen LogP contribution in [0, 0.1) is 0 Å². The van der Waals surface area contributed by atoms with Crippen LogP contribution in [-0.2, 0) is 6.42 Å². The highest BCUT2D eigenvalue weighted by Crippen LogP contribution is 2.30. The van der Waals surface area contributed by atoms with Gasteiger partial charge in [0.15, 0.2) is 0 Å². The van der Waals surface area contributed by atoms with Crippen molar-refractivity contribution in [3.63, 3.8) is 0 Å². The maximum absolute atomic E-state index is 10.2. The van der Waals surface area contributed by atoms with Gasteiger partial charge in [0.25, 0.3) is 0 Å². The molecular formula is C13H13N3O. The summed E-state index contributed by atoms with van der Waals surface area (Å²) in [5.41, 5.74) is 3.00. The Morgan fingerprint density at radius 3 is 2.94 bits per heavy atom. The van der Waals surface area contributed by atoms with E-state index in [4.69, 9.17) is 0 Å². The molecule has 86 valence electrons. The van der Waals surface area contributed by atoms with Gasteiger partial charge in [-0.25, -0.2) is 9.97 Å². The molecule has 1 aliphatic heterocycles. The fourth-order valence-electron chi connectivity index (χ4n) is 2.20. The van der Waals surface area contributed by atoms with Crippen molar-refractivity contribution >= 4 is 5.69 Å². The van der Waals surface area contributed by atoms with E-state index in [2.05, 4.69) is 21.4 Å². The van der Waals surface area contributed by atoms with Gasteiger partial charge in [-0.1, -0.05) is 18.2 Å². The number of hydrogen-bond donors (Lipinski definition) is 2. The van der Waals surface area contributed by atoms with Crippen LogP contribution >= 0.6 is 0 Å². The number of para-hydroxylation sites is 1. The largest absolute Gasteiger partial charge is 0.385 e. The lowest BCUT2D eigenvalue weighted by Gasteiger charge is -2.18. The van der Waals surface area contributed by atoms with E-state index in [-0.39, 0.29) is 6.04 Å². The summed E-state index contributed by atoms with van der Waals surface area (Å²) in [6, 6.07) is 9.85. The molecule has 0 amide bonds. The molecule has 0 fully saturated rings. The number of rotatable bonds is 2. The molecule has 4 nitrogen and oxygen atoms in total. The first-order valence-corrected chi connectivity index (χ1v) is 5.63. The molecule has 3 rings (SSSR count). The van der Waals surface area contributed by atoms with Crippen molar-refractivity contribution < 1.29 is 5.11 Å². The van der Waals surface area contributed by atoms with Crippen LogP contribution in [0.15, 0.2) is 42.9 Å². The monoisotopic (exact) mass is 227 g/mol. The first kappa shape index (κ1) is 10.2. The SMILES string of the molecule is OC(c1ccncn1)C1Cc2ccccc2N1. The fourth-order valence-corrected chi connectivity index (χ4v) is 2.20. The molecule has 2 N–H and O–H groups in total. The van der Waals surface area contributed by atoms with E-state index in [0.29, 0.717) is 5.69 Å². The van der Waals surface area contributed by atoms with E-state index in [9.17, 15) is 5.11 Å². The minimum Gasteiger partial charge on any atom is -0.385 e. The molecule has 17 heavy (non-hydrogen) atoms. The highest BCUT2D eigenvalue weighted by Gasteiger charge is 2.28. The van der Waals surface area contributed by atoms with Crippen molar-refractivity contribution in [1.29, 1.82) is 0 Å². The molecule has 2 aromatic rings. The van der Waals surface area contributed by atoms with Gasteiger partial charge in [0, 0.05) is 11.9 Å². The molecule has 0 aliphatic carbocycles. The molecule has 2 unspecified atom stereocenters. The first-order valence-electron chi connectivity index (χ1n) is 5.63. The molecule has 0 bridgehead atoms. The van der Waals surface area contributed by atoms with Crippen LogP contribution in [0.2, 0.25) is 0 Å². The third-order valence-corrected chi connectivity index (χ3v) is 3.09. The number of aliphatic hydroxyl groups excluding tert-OH is 1. The molecule has 0 radical (unpaired) electrons. The Morgan fingerprint density at radius 1 is 1.29 bits per heavy atom. The third kappa shape index (κ3) is 1.87. The zero-order valence-electron chi connectivity index (χ0n) is 9.24. The van der Waals surface area contributed by atoms with Crippen molar-refractivity contribution in [2.24, 2.45) is 0 Å². The lowest BCUT2D eigenvalue weighted by Crippen LogP contribution is -2.25. The van der Waals surface area contributed by atoms with E-state index in [1.54, 1.807) is 12.3 Å². The lowest BCUT2D eigenvalue weighted by atomic mass is 10.0. The van der Waals surface area contributed by atoms with Crippen molar-refractivity contribution in [3.8, 4) is 0 Å². The second-order valence-electron chi connectivity index (χ2n) is 4.19. The number of nitrogens with one attached hydrogen (secondary N) is 1. The summed E-state index contributed by atoms with van der Waals surface area (Å²) in [6.07, 6.45) is 3.32. The number of hydrogen-bond acceptors (Lipinski definition) is 4. The number of aliphatic hydroxyl groups is 1. The zero-order valence-corrected chi connectivity index (χ0v) is 9.24. The van der Waals surface area contributed by atoms with E-state index in [1.807, 2.05) is 18.2 Å². The zero-order chi connectivity index (χ0) is 11.7. The standard InChI is InChI=1S/C13H13N3O/c17-13(11-5-6-14-8-15-11)12-7-9-3-1-2-4-10(9)16-12/h1-6,8,12-13,16-17H,7H2. The maximum atomic E-state index is 10.2. The number of anilines is 1. The number of nitrogens with zero attached hydrogens (tertiary/aromatic N) is 2. The normalized spacial score (nSPS) is 19.5. The van der Waals surface area contributed by atoms with Crippen LogP contribution in [-0.4, -0.2) is 21.1 Å². The van der Waals surface area contributed by atoms with Crippen LogP contribution in [0.4, 0.5) is 5.69 Å².